The molecular formula is C22H25F2N5. The fraction of sp³-hybridized carbons (Fsp3) is 0.364. The highest BCUT2D eigenvalue weighted by Gasteiger charge is 2.30. The Bertz CT molecular complexity index is 1050. The summed E-state index contributed by atoms with van der Waals surface area (Å²) in [7, 11) is 0. The fourth-order valence-electron chi connectivity index (χ4n) is 4.10. The second kappa shape index (κ2) is 7.46. The predicted molar refractivity (Wildman–Crippen MR) is 111 cm³/mol. The molecule has 2 aromatic heterocycles. The van der Waals surface area contributed by atoms with Crippen LogP contribution in [0.4, 0.5) is 14.6 Å². The third-order valence-corrected chi connectivity index (χ3v) is 5.75. The Kier molecular flexibility index (Phi) is 4.98. The first kappa shape index (κ1) is 19.4. The van der Waals surface area contributed by atoms with Gasteiger partial charge in [0, 0.05) is 30.0 Å². The topological polar surface area (TPSA) is 49.7 Å². The van der Waals surface area contributed by atoms with Crippen LogP contribution in [-0.2, 0) is 6.54 Å². The van der Waals surface area contributed by atoms with Gasteiger partial charge in [0.25, 0.3) is 0 Å². The summed E-state index contributed by atoms with van der Waals surface area (Å²) in [5, 5.41) is 12.2. The van der Waals surface area contributed by atoms with Crippen LogP contribution < -0.4 is 4.90 Å². The van der Waals surface area contributed by atoms with Gasteiger partial charge in [0.05, 0.1) is 17.3 Å². The van der Waals surface area contributed by atoms with Gasteiger partial charge in [-0.1, -0.05) is 26.5 Å². The smallest absolute Gasteiger partial charge is 0.140 e. The minimum Gasteiger partial charge on any atom is -0.326 e. The van der Waals surface area contributed by atoms with E-state index in [4.69, 9.17) is 0 Å². The van der Waals surface area contributed by atoms with E-state index < -0.39 is 11.6 Å². The van der Waals surface area contributed by atoms with E-state index in [1.54, 1.807) is 6.20 Å². The monoisotopic (exact) mass is 397 g/mol. The lowest BCUT2D eigenvalue weighted by Crippen LogP contribution is -2.31. The van der Waals surface area contributed by atoms with Crippen molar-refractivity contribution in [3.63, 3.8) is 0 Å². The number of rotatable bonds is 5. The maximum atomic E-state index is 14.4. The minimum atomic E-state index is -0.621. The van der Waals surface area contributed by atoms with Crippen molar-refractivity contribution in [3.05, 3.63) is 59.4 Å². The second-order valence-corrected chi connectivity index (χ2v) is 7.57. The molecule has 0 fully saturated rings. The van der Waals surface area contributed by atoms with Gasteiger partial charge in [-0.3, -0.25) is 5.10 Å². The van der Waals surface area contributed by atoms with E-state index >= 15 is 0 Å². The number of nitrogens with one attached hydrogen (secondary N) is 1. The van der Waals surface area contributed by atoms with Crippen molar-refractivity contribution in [2.45, 2.75) is 46.1 Å². The number of fused-ring (bicyclic) bond motifs is 1. The zero-order valence-corrected chi connectivity index (χ0v) is 17.0. The van der Waals surface area contributed by atoms with Gasteiger partial charge < -0.3 is 4.90 Å². The van der Waals surface area contributed by atoms with Gasteiger partial charge in [0.15, 0.2) is 0 Å². The molecule has 5 nitrogen and oxygen atoms in total. The van der Waals surface area contributed by atoms with Gasteiger partial charge in [-0.25, -0.2) is 13.5 Å². The molecule has 1 aliphatic heterocycles. The molecule has 1 N–H and O–H groups in total. The SMILES string of the molecule is C=C(c1c(F)cccc1F)N1CCCn2ncc(-c3n[nH]c(C)c3C(C)CC)c21. The Labute approximate surface area is 169 Å². The molecule has 0 spiro atoms. The van der Waals surface area contributed by atoms with Gasteiger partial charge >= 0.3 is 0 Å². The van der Waals surface area contributed by atoms with Crippen molar-refractivity contribution < 1.29 is 8.78 Å². The van der Waals surface area contributed by atoms with Crippen LogP contribution >= 0.6 is 0 Å². The molecule has 29 heavy (non-hydrogen) atoms. The predicted octanol–water partition coefficient (Wildman–Crippen LogP) is 5.25. The van der Waals surface area contributed by atoms with Crippen molar-refractivity contribution in [2.24, 2.45) is 0 Å². The number of aromatic nitrogens is 4. The molecule has 1 unspecified atom stereocenters. The molecule has 7 heteroatoms. The van der Waals surface area contributed by atoms with E-state index in [1.807, 2.05) is 16.5 Å². The Morgan fingerprint density at radius 1 is 1.28 bits per heavy atom. The Morgan fingerprint density at radius 3 is 2.69 bits per heavy atom. The Hall–Kier alpha value is -2.96. The summed E-state index contributed by atoms with van der Waals surface area (Å²) >= 11 is 0. The lowest BCUT2D eigenvalue weighted by Gasteiger charge is -2.32. The number of benzene rings is 1. The van der Waals surface area contributed by atoms with E-state index in [9.17, 15) is 8.78 Å². The third-order valence-electron chi connectivity index (χ3n) is 5.75. The molecule has 0 radical (unpaired) electrons. The van der Waals surface area contributed by atoms with Gasteiger partial charge in [0.1, 0.15) is 23.1 Å². The number of H-pyrrole nitrogens is 1. The number of anilines is 1. The lowest BCUT2D eigenvalue weighted by molar-refractivity contribution is 0.539. The average molecular weight is 397 g/mol. The van der Waals surface area contributed by atoms with Gasteiger partial charge in [-0.05, 0) is 37.8 Å². The van der Waals surface area contributed by atoms with Crippen molar-refractivity contribution in [3.8, 4) is 11.3 Å². The van der Waals surface area contributed by atoms with Crippen LogP contribution in [0.5, 0.6) is 0 Å². The summed E-state index contributed by atoms with van der Waals surface area (Å²) in [4.78, 5) is 1.86. The molecular weight excluding hydrogens is 372 g/mol. The molecule has 1 aliphatic rings. The highest BCUT2D eigenvalue weighted by atomic mass is 19.1. The van der Waals surface area contributed by atoms with Crippen molar-refractivity contribution >= 4 is 11.5 Å². The van der Waals surface area contributed by atoms with E-state index in [-0.39, 0.29) is 5.56 Å². The van der Waals surface area contributed by atoms with Crippen LogP contribution in [0.3, 0.4) is 0 Å². The van der Waals surface area contributed by atoms with Crippen molar-refractivity contribution in [1.82, 2.24) is 20.0 Å². The van der Waals surface area contributed by atoms with Crippen molar-refractivity contribution in [2.75, 3.05) is 11.4 Å². The van der Waals surface area contributed by atoms with Crippen molar-refractivity contribution in [1.29, 1.82) is 0 Å². The van der Waals surface area contributed by atoms with Crippen LogP contribution in [0, 0.1) is 18.6 Å². The van der Waals surface area contributed by atoms with Gasteiger partial charge in [0.2, 0.25) is 0 Å². The Balaban J connectivity index is 1.84. The largest absolute Gasteiger partial charge is 0.326 e. The van der Waals surface area contributed by atoms with Gasteiger partial charge in [-0.15, -0.1) is 0 Å². The number of nitrogens with zero attached hydrogens (tertiary/aromatic N) is 4. The number of aryl methyl sites for hydroxylation is 2. The molecule has 4 rings (SSSR count). The first-order valence-corrected chi connectivity index (χ1v) is 9.95. The van der Waals surface area contributed by atoms with E-state index in [1.165, 1.54) is 18.2 Å². The van der Waals surface area contributed by atoms with E-state index in [2.05, 4.69) is 35.7 Å². The fourth-order valence-corrected chi connectivity index (χ4v) is 4.10. The number of hydrogen-bond donors (Lipinski definition) is 1. The molecule has 152 valence electrons. The zero-order chi connectivity index (χ0) is 20.7. The van der Waals surface area contributed by atoms with Gasteiger partial charge in [-0.2, -0.15) is 10.2 Å². The first-order chi connectivity index (χ1) is 13.9. The third kappa shape index (κ3) is 3.14. The van der Waals surface area contributed by atoms with Crippen LogP contribution in [-0.4, -0.2) is 26.5 Å². The minimum absolute atomic E-state index is 0.103. The van der Waals surface area contributed by atoms with Crippen LogP contribution in [0.15, 0.2) is 31.0 Å². The Morgan fingerprint density at radius 2 is 2.00 bits per heavy atom. The average Bonchev–Trinajstić information content (AvgIpc) is 3.30. The maximum absolute atomic E-state index is 14.4. The highest BCUT2D eigenvalue weighted by molar-refractivity contribution is 5.86. The summed E-state index contributed by atoms with van der Waals surface area (Å²) < 4.78 is 30.7. The molecule has 0 amide bonds. The summed E-state index contributed by atoms with van der Waals surface area (Å²) in [5.74, 6) is -0.142. The number of halogens is 2. The molecule has 3 aromatic rings. The molecule has 0 aliphatic carbocycles. The van der Waals surface area contributed by atoms with Crippen LogP contribution in [0.1, 0.15) is 49.4 Å². The molecule has 3 heterocycles. The van der Waals surface area contributed by atoms with E-state index in [0.29, 0.717) is 18.2 Å². The standard InChI is InChI=1S/C22H25F2N5/c1-5-13(2)19-14(3)26-27-21(19)16-12-25-29-11-7-10-28(22(16)29)15(4)20-17(23)8-6-9-18(20)24/h6,8-9,12-13H,4-5,7,10-11H2,1-3H3,(H,26,27). The highest BCUT2D eigenvalue weighted by Crippen LogP contribution is 2.41. The quantitative estimate of drug-likeness (QED) is 0.639. The summed E-state index contributed by atoms with van der Waals surface area (Å²) in [6, 6.07) is 3.87. The summed E-state index contributed by atoms with van der Waals surface area (Å²) in [5.41, 5.74) is 4.05. The second-order valence-electron chi connectivity index (χ2n) is 7.57. The molecule has 1 atom stereocenters. The van der Waals surface area contributed by atoms with Crippen LogP contribution in [0.25, 0.3) is 17.0 Å². The lowest BCUT2D eigenvalue weighted by atomic mass is 9.94. The molecule has 1 aromatic carbocycles. The summed E-state index contributed by atoms with van der Waals surface area (Å²) in [6.07, 6.45) is 3.58. The molecule has 0 saturated heterocycles. The van der Waals surface area contributed by atoms with Crippen LogP contribution in [0.2, 0.25) is 0 Å². The first-order valence-electron chi connectivity index (χ1n) is 9.95. The zero-order valence-electron chi connectivity index (χ0n) is 17.0. The van der Waals surface area contributed by atoms with E-state index in [0.717, 1.165) is 47.7 Å². The maximum Gasteiger partial charge on any atom is 0.140 e. The molecule has 0 bridgehead atoms. The summed E-state index contributed by atoms with van der Waals surface area (Å²) in [6.45, 7) is 11.7. The molecule has 0 saturated carbocycles. The normalized spacial score (nSPS) is 14.7. The number of hydrogen-bond acceptors (Lipinski definition) is 3. The number of aromatic amines is 1.